The van der Waals surface area contributed by atoms with E-state index in [-0.39, 0.29) is 0 Å². The van der Waals surface area contributed by atoms with Gasteiger partial charge in [-0.1, -0.05) is 0 Å². The zero-order valence-electron chi connectivity index (χ0n) is 7.05. The number of nitrogens with two attached hydrogens (primary N) is 2. The van der Waals surface area contributed by atoms with E-state index >= 15 is 0 Å². The summed E-state index contributed by atoms with van der Waals surface area (Å²) in [5.74, 6) is 0.646. The lowest BCUT2D eigenvalue weighted by molar-refractivity contribution is 0.278. The van der Waals surface area contributed by atoms with Crippen molar-refractivity contribution >= 4 is 0 Å². The van der Waals surface area contributed by atoms with Crippen molar-refractivity contribution in [1.29, 1.82) is 0 Å². The van der Waals surface area contributed by atoms with Crippen LogP contribution in [-0.2, 0) is 9.47 Å². The molecule has 4 N–H and O–H groups in total. The molecule has 0 fully saturated rings. The average molecular weight is 158 g/mol. The van der Waals surface area contributed by atoms with Crippen molar-refractivity contribution in [2.45, 2.75) is 6.92 Å². The van der Waals surface area contributed by atoms with Crippen LogP contribution in [0.25, 0.3) is 0 Å². The van der Waals surface area contributed by atoms with Gasteiger partial charge in [0.05, 0.1) is 14.2 Å². The first kappa shape index (κ1) is 9.68. The van der Waals surface area contributed by atoms with Gasteiger partial charge in [0.2, 0.25) is 0 Å². The fourth-order valence-corrected chi connectivity index (χ4v) is 0.504. The van der Waals surface area contributed by atoms with E-state index in [1.807, 2.05) is 0 Å². The van der Waals surface area contributed by atoms with Gasteiger partial charge in [0, 0.05) is 11.6 Å². The molecule has 0 saturated heterocycles. The van der Waals surface area contributed by atoms with E-state index in [1.54, 1.807) is 13.0 Å². The summed E-state index contributed by atoms with van der Waals surface area (Å²) >= 11 is 0. The van der Waals surface area contributed by atoms with Crippen LogP contribution in [0.5, 0.6) is 0 Å². The third-order valence-electron chi connectivity index (χ3n) is 1.20. The van der Waals surface area contributed by atoms with E-state index in [4.69, 9.17) is 20.9 Å². The van der Waals surface area contributed by atoms with Gasteiger partial charge in [-0.05, 0) is 6.92 Å². The molecule has 0 spiro atoms. The first-order valence-corrected chi connectivity index (χ1v) is 3.13. The van der Waals surface area contributed by atoms with Crippen molar-refractivity contribution in [1.82, 2.24) is 0 Å². The molecule has 0 aromatic carbocycles. The summed E-state index contributed by atoms with van der Waals surface area (Å²) in [6.07, 6.45) is 1.60. The molecule has 0 amide bonds. The molecular formula is C7H14N2O2. The molecule has 0 bridgehead atoms. The third-order valence-corrected chi connectivity index (χ3v) is 1.20. The first-order chi connectivity index (χ1) is 5.11. The molecule has 0 atom stereocenters. The van der Waals surface area contributed by atoms with Crippen molar-refractivity contribution in [3.63, 3.8) is 0 Å². The second kappa shape index (κ2) is 4.49. The van der Waals surface area contributed by atoms with E-state index in [1.165, 1.54) is 14.2 Å². The number of ether oxygens (including phenoxy) is 2. The number of methoxy groups -OCH3 is 2. The summed E-state index contributed by atoms with van der Waals surface area (Å²) in [4.78, 5) is 0. The Balaban J connectivity index is 4.37. The fourth-order valence-electron chi connectivity index (χ4n) is 0.504. The minimum atomic E-state index is 0.308. The van der Waals surface area contributed by atoms with E-state index in [0.29, 0.717) is 11.8 Å². The molecule has 0 aliphatic rings. The smallest absolute Gasteiger partial charge is 0.186 e. The van der Waals surface area contributed by atoms with E-state index in [2.05, 4.69) is 0 Å². The van der Waals surface area contributed by atoms with Gasteiger partial charge in [-0.3, -0.25) is 0 Å². The maximum absolute atomic E-state index is 5.42. The van der Waals surface area contributed by atoms with Gasteiger partial charge in [0.1, 0.15) is 0 Å². The van der Waals surface area contributed by atoms with Crippen LogP contribution in [0.4, 0.5) is 0 Å². The Morgan fingerprint density at radius 1 is 1.18 bits per heavy atom. The average Bonchev–Trinajstić information content (AvgIpc) is 2.02. The molecular weight excluding hydrogens is 144 g/mol. The molecule has 0 unspecified atom stereocenters. The van der Waals surface area contributed by atoms with Crippen molar-refractivity contribution < 1.29 is 9.47 Å². The van der Waals surface area contributed by atoms with Crippen LogP contribution >= 0.6 is 0 Å². The highest BCUT2D eigenvalue weighted by Gasteiger charge is 1.94. The summed E-state index contributed by atoms with van der Waals surface area (Å²) in [7, 11) is 2.98. The van der Waals surface area contributed by atoms with Crippen molar-refractivity contribution in [2.75, 3.05) is 14.2 Å². The fraction of sp³-hybridized carbons (Fsp3) is 0.429. The Morgan fingerprint density at radius 2 is 1.73 bits per heavy atom. The molecule has 0 aromatic heterocycles. The number of hydrogen-bond acceptors (Lipinski definition) is 4. The lowest BCUT2D eigenvalue weighted by Gasteiger charge is -2.02. The molecule has 4 heteroatoms. The lowest BCUT2D eigenvalue weighted by Crippen LogP contribution is -2.04. The van der Waals surface area contributed by atoms with Crippen molar-refractivity contribution in [2.24, 2.45) is 11.5 Å². The lowest BCUT2D eigenvalue weighted by atomic mass is 10.3. The Kier molecular flexibility index (Phi) is 3.95. The largest absolute Gasteiger partial charge is 0.483 e. The van der Waals surface area contributed by atoms with Gasteiger partial charge >= 0.3 is 0 Å². The van der Waals surface area contributed by atoms with Gasteiger partial charge < -0.3 is 20.9 Å². The quantitative estimate of drug-likeness (QED) is 0.457. The zero-order valence-corrected chi connectivity index (χ0v) is 7.05. The monoisotopic (exact) mass is 158 g/mol. The van der Waals surface area contributed by atoms with E-state index in [9.17, 15) is 0 Å². The molecule has 11 heavy (non-hydrogen) atoms. The minimum Gasteiger partial charge on any atom is -0.483 e. The van der Waals surface area contributed by atoms with Gasteiger partial charge in [-0.25, -0.2) is 0 Å². The topological polar surface area (TPSA) is 70.5 Å². The number of hydrogen-bond donors (Lipinski definition) is 2. The van der Waals surface area contributed by atoms with Crippen molar-refractivity contribution in [3.8, 4) is 0 Å². The van der Waals surface area contributed by atoms with Gasteiger partial charge in [0.25, 0.3) is 0 Å². The van der Waals surface area contributed by atoms with E-state index in [0.717, 1.165) is 5.57 Å². The number of allylic oxidation sites excluding steroid dienone is 2. The summed E-state index contributed by atoms with van der Waals surface area (Å²) in [5, 5.41) is 0. The highest BCUT2D eigenvalue weighted by atomic mass is 16.5. The molecule has 0 radical (unpaired) electrons. The highest BCUT2D eigenvalue weighted by molar-refractivity contribution is 5.19. The predicted octanol–water partition coefficient (Wildman–Crippen LogP) is 0.269. The normalized spacial score (nSPS) is 13.9. The standard InChI is InChI=1S/C7H14N2O2/c1-5(7(9)11-3)4-6(8)10-2/h4H,8-9H2,1-3H3/b6-4+,7-5+. The summed E-state index contributed by atoms with van der Waals surface area (Å²) < 4.78 is 9.47. The molecule has 4 nitrogen and oxygen atoms in total. The second-order valence-electron chi connectivity index (χ2n) is 2.00. The highest BCUT2D eigenvalue weighted by Crippen LogP contribution is 2.01. The van der Waals surface area contributed by atoms with Crippen LogP contribution in [0.15, 0.2) is 23.4 Å². The second-order valence-corrected chi connectivity index (χ2v) is 2.00. The Morgan fingerprint density at radius 3 is 2.09 bits per heavy atom. The molecule has 0 rings (SSSR count). The summed E-state index contributed by atoms with van der Waals surface area (Å²) in [6.45, 7) is 1.78. The van der Waals surface area contributed by atoms with Crippen LogP contribution in [0.3, 0.4) is 0 Å². The van der Waals surface area contributed by atoms with Gasteiger partial charge in [-0.15, -0.1) is 0 Å². The summed E-state index contributed by atoms with van der Waals surface area (Å²) in [5.41, 5.74) is 11.5. The Labute approximate surface area is 66.5 Å². The van der Waals surface area contributed by atoms with Crippen LogP contribution < -0.4 is 11.5 Å². The van der Waals surface area contributed by atoms with E-state index < -0.39 is 0 Å². The number of rotatable bonds is 3. The zero-order chi connectivity index (χ0) is 8.85. The molecule has 64 valence electrons. The van der Waals surface area contributed by atoms with Gasteiger partial charge in [0.15, 0.2) is 11.8 Å². The van der Waals surface area contributed by atoms with Crippen LogP contribution in [0.1, 0.15) is 6.92 Å². The third kappa shape index (κ3) is 3.40. The first-order valence-electron chi connectivity index (χ1n) is 3.13. The Bertz CT molecular complexity index is 185. The molecule has 0 aliphatic heterocycles. The van der Waals surface area contributed by atoms with Gasteiger partial charge in [-0.2, -0.15) is 0 Å². The van der Waals surface area contributed by atoms with Crippen LogP contribution in [-0.4, -0.2) is 14.2 Å². The molecule has 0 aromatic rings. The molecule has 0 aliphatic carbocycles. The molecule has 0 saturated carbocycles. The maximum atomic E-state index is 5.42. The SMILES string of the molecule is CO/C(N)=C/C(C)=C(\N)OC. The summed E-state index contributed by atoms with van der Waals surface area (Å²) in [6, 6.07) is 0. The maximum Gasteiger partial charge on any atom is 0.186 e. The van der Waals surface area contributed by atoms with Crippen molar-refractivity contribution in [3.05, 3.63) is 23.4 Å². The minimum absolute atomic E-state index is 0.308. The Hall–Kier alpha value is -1.32. The van der Waals surface area contributed by atoms with Crippen LogP contribution in [0, 0.1) is 0 Å². The van der Waals surface area contributed by atoms with Crippen LogP contribution in [0.2, 0.25) is 0 Å². The molecule has 0 heterocycles. The predicted molar refractivity (Wildman–Crippen MR) is 43.2 cm³/mol.